The van der Waals surface area contributed by atoms with Crippen LogP contribution in [0.1, 0.15) is 59.5 Å². The molecule has 0 aromatic heterocycles. The molecule has 0 spiro atoms. The summed E-state index contributed by atoms with van der Waals surface area (Å²) in [6, 6.07) is 23.3. The van der Waals surface area contributed by atoms with Crippen molar-refractivity contribution >= 4 is 23.7 Å². The summed E-state index contributed by atoms with van der Waals surface area (Å²) in [5, 5.41) is 4.23. The fourth-order valence-corrected chi connectivity index (χ4v) is 5.42. The van der Waals surface area contributed by atoms with Gasteiger partial charge in [0, 0.05) is 53.8 Å². The average Bonchev–Trinajstić information content (AvgIpc) is 3.22. The van der Waals surface area contributed by atoms with Crippen molar-refractivity contribution in [3.8, 4) is 5.75 Å². The fourth-order valence-electron chi connectivity index (χ4n) is 5.42. The lowest BCUT2D eigenvalue weighted by molar-refractivity contribution is 0.0772. The summed E-state index contributed by atoms with van der Waals surface area (Å²) in [6.07, 6.45) is 4.42. The first-order valence-electron chi connectivity index (χ1n) is 13.8. The maximum Gasteiger partial charge on any atom is 0.271 e. The van der Waals surface area contributed by atoms with Crippen molar-refractivity contribution in [2.75, 3.05) is 31.6 Å². The van der Waals surface area contributed by atoms with E-state index in [1.54, 1.807) is 42.5 Å². The number of allylic oxidation sites excluding steroid dienone is 2. The first-order valence-corrected chi connectivity index (χ1v) is 13.8. The number of amides is 2. The molecule has 2 amide bonds. The molecule has 0 bridgehead atoms. The van der Waals surface area contributed by atoms with Crippen LogP contribution < -0.4 is 15.1 Å². The SMILES string of the molecule is CCN(CC)C(=O)c1ccc(C(=O)NN=CC=C2N(CC)c3ccc(OC)cc3C2(C)Cc2ccccc2)cc1. The van der Waals surface area contributed by atoms with E-state index < -0.39 is 0 Å². The number of hydrogen-bond donors (Lipinski definition) is 1. The van der Waals surface area contributed by atoms with E-state index >= 15 is 0 Å². The van der Waals surface area contributed by atoms with Crippen LogP contribution in [-0.2, 0) is 11.8 Å². The van der Waals surface area contributed by atoms with E-state index in [-0.39, 0.29) is 17.2 Å². The lowest BCUT2D eigenvalue weighted by Gasteiger charge is -2.30. The number of nitrogens with zero attached hydrogens (tertiary/aromatic N) is 3. The monoisotopic (exact) mass is 538 g/mol. The van der Waals surface area contributed by atoms with Gasteiger partial charge in [-0.25, -0.2) is 5.43 Å². The zero-order valence-electron chi connectivity index (χ0n) is 24.0. The number of hydrazone groups is 1. The highest BCUT2D eigenvalue weighted by Crippen LogP contribution is 2.50. The molecule has 7 heteroatoms. The number of rotatable bonds is 10. The Hall–Kier alpha value is -4.39. The highest BCUT2D eigenvalue weighted by Gasteiger charge is 2.43. The van der Waals surface area contributed by atoms with Gasteiger partial charge in [0.2, 0.25) is 0 Å². The van der Waals surface area contributed by atoms with E-state index in [4.69, 9.17) is 4.74 Å². The molecule has 4 rings (SSSR count). The van der Waals surface area contributed by atoms with E-state index in [1.165, 1.54) is 11.1 Å². The number of anilines is 1. The maximum atomic E-state index is 12.7. The van der Waals surface area contributed by atoms with Crippen molar-refractivity contribution in [3.05, 3.63) is 107 Å². The second-order valence-corrected chi connectivity index (χ2v) is 9.95. The normalized spacial score (nSPS) is 17.2. The van der Waals surface area contributed by atoms with Gasteiger partial charge in [0.25, 0.3) is 11.8 Å². The number of nitrogens with one attached hydrogen (secondary N) is 1. The second-order valence-electron chi connectivity index (χ2n) is 9.95. The van der Waals surface area contributed by atoms with Gasteiger partial charge in [0.1, 0.15) is 5.75 Å². The Kier molecular flexibility index (Phi) is 9.04. The van der Waals surface area contributed by atoms with Crippen molar-refractivity contribution in [3.63, 3.8) is 0 Å². The molecule has 3 aromatic carbocycles. The van der Waals surface area contributed by atoms with Gasteiger partial charge in [-0.05, 0) is 93.8 Å². The number of hydrogen-bond acceptors (Lipinski definition) is 5. The first kappa shape index (κ1) is 28.6. The minimum atomic E-state index is -0.338. The number of ether oxygens (including phenoxy) is 1. The minimum Gasteiger partial charge on any atom is -0.497 e. The molecule has 40 heavy (non-hydrogen) atoms. The molecular formula is C33H38N4O3. The molecule has 1 aliphatic rings. The minimum absolute atomic E-state index is 0.0455. The third-order valence-electron chi connectivity index (χ3n) is 7.58. The molecule has 0 radical (unpaired) electrons. The Labute approximate surface area is 237 Å². The molecule has 0 fully saturated rings. The number of fused-ring (bicyclic) bond motifs is 1. The van der Waals surface area contributed by atoms with Crippen LogP contribution in [0.5, 0.6) is 5.75 Å². The quantitative estimate of drug-likeness (QED) is 0.261. The molecule has 1 aliphatic heterocycles. The molecule has 0 saturated carbocycles. The standard InChI is InChI=1S/C33H38N4O3/c1-6-36(7-2)32(39)26-16-14-25(15-17-26)31(38)35-34-21-20-30-33(4,23-24-12-10-9-11-13-24)28-22-27(40-5)18-19-29(28)37(30)8-3/h9-22H,6-8,23H2,1-5H3,(H,35,38). The number of methoxy groups -OCH3 is 1. The Morgan fingerprint density at radius 2 is 1.65 bits per heavy atom. The smallest absolute Gasteiger partial charge is 0.271 e. The second kappa shape index (κ2) is 12.6. The summed E-state index contributed by atoms with van der Waals surface area (Å²) in [7, 11) is 1.69. The van der Waals surface area contributed by atoms with Crippen molar-refractivity contribution in [2.45, 2.75) is 39.5 Å². The zero-order valence-corrected chi connectivity index (χ0v) is 24.0. The molecule has 208 valence electrons. The van der Waals surface area contributed by atoms with E-state index in [2.05, 4.69) is 65.7 Å². The van der Waals surface area contributed by atoms with Gasteiger partial charge in [0.15, 0.2) is 0 Å². The van der Waals surface area contributed by atoms with Gasteiger partial charge in [-0.1, -0.05) is 30.3 Å². The number of likely N-dealkylation sites (N-methyl/N-ethyl adjacent to an activating group) is 1. The maximum absolute atomic E-state index is 12.7. The summed E-state index contributed by atoms with van der Waals surface area (Å²) < 4.78 is 5.56. The summed E-state index contributed by atoms with van der Waals surface area (Å²) >= 11 is 0. The summed E-state index contributed by atoms with van der Waals surface area (Å²) in [4.78, 5) is 29.3. The largest absolute Gasteiger partial charge is 0.497 e. The van der Waals surface area contributed by atoms with Gasteiger partial charge in [-0.3, -0.25) is 9.59 Å². The van der Waals surface area contributed by atoms with E-state index in [9.17, 15) is 9.59 Å². The summed E-state index contributed by atoms with van der Waals surface area (Å²) in [6.45, 7) is 10.3. The molecular weight excluding hydrogens is 500 g/mol. The van der Waals surface area contributed by atoms with E-state index in [0.29, 0.717) is 24.2 Å². The highest BCUT2D eigenvalue weighted by atomic mass is 16.5. The Bertz CT molecular complexity index is 1390. The predicted octanol–water partition coefficient (Wildman–Crippen LogP) is 5.82. The van der Waals surface area contributed by atoms with Crippen molar-refractivity contribution in [1.82, 2.24) is 10.3 Å². The van der Waals surface area contributed by atoms with Gasteiger partial charge >= 0.3 is 0 Å². The number of carbonyl (C=O) groups is 2. The van der Waals surface area contributed by atoms with Crippen LogP contribution >= 0.6 is 0 Å². The Balaban J connectivity index is 1.56. The molecule has 3 aromatic rings. The molecule has 1 N–H and O–H groups in total. The average molecular weight is 539 g/mol. The molecule has 0 saturated heterocycles. The third kappa shape index (κ3) is 5.78. The van der Waals surface area contributed by atoms with Crippen molar-refractivity contribution in [2.24, 2.45) is 5.10 Å². The Morgan fingerprint density at radius 1 is 0.975 bits per heavy atom. The molecule has 7 nitrogen and oxygen atoms in total. The van der Waals surface area contributed by atoms with Crippen LogP contribution in [0, 0.1) is 0 Å². The van der Waals surface area contributed by atoms with Gasteiger partial charge in [-0.15, -0.1) is 0 Å². The highest BCUT2D eigenvalue weighted by molar-refractivity contribution is 5.98. The van der Waals surface area contributed by atoms with Crippen molar-refractivity contribution in [1.29, 1.82) is 0 Å². The van der Waals surface area contributed by atoms with Crippen LogP contribution in [0.15, 0.2) is 89.7 Å². The van der Waals surface area contributed by atoms with Gasteiger partial charge < -0.3 is 14.5 Å². The summed E-state index contributed by atoms with van der Waals surface area (Å²) in [5.74, 6) is 0.437. The van der Waals surface area contributed by atoms with Crippen molar-refractivity contribution < 1.29 is 14.3 Å². The van der Waals surface area contributed by atoms with Crippen LogP contribution in [0.25, 0.3) is 0 Å². The van der Waals surface area contributed by atoms with Gasteiger partial charge in [0.05, 0.1) is 7.11 Å². The van der Waals surface area contributed by atoms with Crippen LogP contribution in [0.2, 0.25) is 0 Å². The lowest BCUT2D eigenvalue weighted by atomic mass is 9.76. The number of carbonyl (C=O) groups excluding carboxylic acids is 2. The van der Waals surface area contributed by atoms with Gasteiger partial charge in [-0.2, -0.15) is 5.10 Å². The Morgan fingerprint density at radius 3 is 2.27 bits per heavy atom. The summed E-state index contributed by atoms with van der Waals surface area (Å²) in [5.41, 5.74) is 7.95. The molecule has 0 aliphatic carbocycles. The molecule has 1 unspecified atom stereocenters. The molecule has 1 atom stereocenters. The topological polar surface area (TPSA) is 74.2 Å². The van der Waals surface area contributed by atoms with E-state index in [0.717, 1.165) is 30.1 Å². The third-order valence-corrected chi connectivity index (χ3v) is 7.58. The van der Waals surface area contributed by atoms with Crippen LogP contribution in [0.3, 0.4) is 0 Å². The lowest BCUT2D eigenvalue weighted by Crippen LogP contribution is -2.31. The van der Waals surface area contributed by atoms with E-state index in [1.807, 2.05) is 32.1 Å². The first-order chi connectivity index (χ1) is 19.4. The van der Waals surface area contributed by atoms with Crippen LogP contribution in [0.4, 0.5) is 5.69 Å². The predicted molar refractivity (Wildman–Crippen MR) is 161 cm³/mol. The zero-order chi connectivity index (χ0) is 28.7. The fraction of sp³-hybridized carbons (Fsp3) is 0.303. The molecule has 1 heterocycles. The number of benzene rings is 3. The van der Waals surface area contributed by atoms with Crippen LogP contribution in [-0.4, -0.2) is 49.7 Å².